The Labute approximate surface area is 230 Å². The predicted molar refractivity (Wildman–Crippen MR) is 176 cm³/mol. The van der Waals surface area contributed by atoms with E-state index in [9.17, 15) is 4.79 Å². The second-order valence-electron chi connectivity index (χ2n) is 12.4. The van der Waals surface area contributed by atoms with Gasteiger partial charge in [0, 0.05) is 36.6 Å². The van der Waals surface area contributed by atoms with E-state index in [1.807, 2.05) is 29.8 Å². The number of hydrogen-bond donors (Lipinski definition) is 1. The van der Waals surface area contributed by atoms with E-state index in [0.29, 0.717) is 11.4 Å². The molecule has 1 saturated heterocycles. The standard InChI is InChI=1S/C22H29B8N7O/c1-36-10-31-9-15(36)14-4-12-5-16(34-8-13(12)7-33-14)35-18(38)11-2-3-32-17(6-11)37-21(27,28)19(23,24)20(25,26)22(37,29)30/h2-10H,23-30H2,1H3,(H,34,35,38). The molecule has 4 aromatic rings. The highest BCUT2D eigenvalue weighted by atomic mass is 16.1. The molecule has 0 aliphatic carbocycles. The molecule has 0 radical (unpaired) electrons. The van der Waals surface area contributed by atoms with E-state index in [4.69, 9.17) is 4.98 Å². The highest BCUT2D eigenvalue weighted by molar-refractivity contribution is 6.69. The zero-order valence-corrected chi connectivity index (χ0v) is 23.8. The average Bonchev–Trinajstić information content (AvgIpc) is 3.31. The third-order valence-corrected chi connectivity index (χ3v) is 9.90. The van der Waals surface area contributed by atoms with Crippen molar-refractivity contribution in [3.05, 3.63) is 60.9 Å². The first-order valence-electron chi connectivity index (χ1n) is 13.0. The summed E-state index contributed by atoms with van der Waals surface area (Å²) in [5.41, 5.74) is 2.26. The maximum atomic E-state index is 13.4. The number of aromatic nitrogens is 5. The number of carbonyl (C=O) groups excluding carboxylic acids is 1. The van der Waals surface area contributed by atoms with Gasteiger partial charge >= 0.3 is 0 Å². The minimum absolute atomic E-state index is 0.0123. The summed E-state index contributed by atoms with van der Waals surface area (Å²) in [5.74, 6) is 1.05. The molecule has 1 amide bonds. The summed E-state index contributed by atoms with van der Waals surface area (Å²) in [4.78, 5) is 33.7. The maximum absolute atomic E-state index is 13.4. The molecule has 0 atom stereocenters. The highest BCUT2D eigenvalue weighted by Gasteiger charge is 2.65. The Kier molecular flexibility index (Phi) is 5.97. The van der Waals surface area contributed by atoms with Crippen LogP contribution in [0.2, 0.25) is 10.4 Å². The van der Waals surface area contributed by atoms with Gasteiger partial charge in [-0.15, -0.1) is 0 Å². The predicted octanol–water partition coefficient (Wildman–Crippen LogP) is -4.90. The molecule has 5 heterocycles. The molecule has 8 nitrogen and oxygen atoms in total. The Hall–Kier alpha value is -3.29. The number of anilines is 2. The van der Waals surface area contributed by atoms with Crippen molar-refractivity contribution in [2.24, 2.45) is 7.05 Å². The monoisotopic (exact) mass is 495 g/mol. The largest absolute Gasteiger partial charge is 0.379 e. The van der Waals surface area contributed by atoms with Gasteiger partial charge in [0.1, 0.15) is 43.0 Å². The molecule has 0 spiro atoms. The third kappa shape index (κ3) is 3.75. The van der Waals surface area contributed by atoms with E-state index >= 15 is 0 Å². The molecular weight excluding hydrogens is 465 g/mol. The van der Waals surface area contributed by atoms with Crippen molar-refractivity contribution in [1.82, 2.24) is 24.5 Å². The summed E-state index contributed by atoms with van der Waals surface area (Å²) in [6, 6.07) is 7.49. The number of amides is 1. The number of rotatable bonds is 4. The second kappa shape index (κ2) is 8.61. The van der Waals surface area contributed by atoms with Gasteiger partial charge in [0.2, 0.25) is 0 Å². The average molecular weight is 494 g/mol. The minimum atomic E-state index is -0.227. The van der Waals surface area contributed by atoms with Gasteiger partial charge in [-0.1, -0.05) is 10.4 Å². The highest BCUT2D eigenvalue weighted by Crippen LogP contribution is 2.63. The molecule has 0 saturated carbocycles. The quantitative estimate of drug-likeness (QED) is 0.287. The van der Waals surface area contributed by atoms with Crippen LogP contribution in [0.5, 0.6) is 0 Å². The summed E-state index contributed by atoms with van der Waals surface area (Å²) < 4.78 is 1.92. The summed E-state index contributed by atoms with van der Waals surface area (Å²) in [5, 5.41) is 4.39. The minimum Gasteiger partial charge on any atom is -0.379 e. The van der Waals surface area contributed by atoms with Gasteiger partial charge in [-0.25, -0.2) is 15.0 Å². The fourth-order valence-electron chi connectivity index (χ4n) is 6.08. The molecule has 5 rings (SSSR count). The van der Waals surface area contributed by atoms with E-state index in [0.717, 1.165) is 28.0 Å². The molecule has 1 N–H and O–H groups in total. The van der Waals surface area contributed by atoms with Crippen molar-refractivity contribution in [3.8, 4) is 11.4 Å². The third-order valence-electron chi connectivity index (χ3n) is 9.90. The van der Waals surface area contributed by atoms with Crippen molar-refractivity contribution in [3.63, 3.8) is 0 Å². The van der Waals surface area contributed by atoms with Gasteiger partial charge in [-0.05, 0) is 40.3 Å². The van der Waals surface area contributed by atoms with Gasteiger partial charge in [-0.2, -0.15) is 0 Å². The fourth-order valence-corrected chi connectivity index (χ4v) is 6.08. The lowest BCUT2D eigenvalue weighted by Gasteiger charge is -2.46. The van der Waals surface area contributed by atoms with Crippen LogP contribution in [0.1, 0.15) is 10.4 Å². The van der Waals surface area contributed by atoms with Crippen LogP contribution < -0.4 is 10.2 Å². The fraction of sp³-hybridized carbons (Fsp3) is 0.227. The van der Waals surface area contributed by atoms with Crippen LogP contribution in [0.3, 0.4) is 0 Å². The van der Waals surface area contributed by atoms with Gasteiger partial charge in [0.05, 0.1) is 55.3 Å². The van der Waals surface area contributed by atoms with Gasteiger partial charge in [0.25, 0.3) is 5.91 Å². The molecule has 1 aliphatic rings. The lowest BCUT2D eigenvalue weighted by Crippen LogP contribution is -2.60. The molecule has 38 heavy (non-hydrogen) atoms. The SMILES string of the molecule is BC1(B)N(c2cc(C(=O)Nc3cc4cc(-c5cncn5C)ncc4cn3)ccn2)C(B)(B)C(B)(B)C1(B)B. The number of nitrogens with zero attached hydrogens (tertiary/aromatic N) is 6. The van der Waals surface area contributed by atoms with Crippen molar-refractivity contribution in [2.75, 3.05) is 10.2 Å². The Bertz CT molecular complexity index is 1550. The van der Waals surface area contributed by atoms with Gasteiger partial charge in [0.15, 0.2) is 0 Å². The zero-order valence-electron chi connectivity index (χ0n) is 23.8. The Morgan fingerprint density at radius 1 is 0.842 bits per heavy atom. The van der Waals surface area contributed by atoms with Crippen LogP contribution in [0.25, 0.3) is 22.2 Å². The van der Waals surface area contributed by atoms with Crippen LogP contribution in [0.15, 0.2) is 55.4 Å². The second-order valence-corrected chi connectivity index (χ2v) is 12.4. The molecule has 1 fully saturated rings. The molecule has 0 unspecified atom stereocenters. The van der Waals surface area contributed by atoms with E-state index in [1.165, 1.54) is 0 Å². The van der Waals surface area contributed by atoms with Crippen molar-refractivity contribution in [1.29, 1.82) is 0 Å². The molecule has 4 aromatic heterocycles. The van der Waals surface area contributed by atoms with Crippen LogP contribution in [-0.2, 0) is 7.05 Å². The maximum Gasteiger partial charge on any atom is 0.257 e. The van der Waals surface area contributed by atoms with E-state index in [1.54, 1.807) is 37.2 Å². The number of imidazole rings is 1. The number of nitrogens with one attached hydrogen (secondary N) is 1. The van der Waals surface area contributed by atoms with E-state index in [2.05, 4.69) is 87.9 Å². The first-order valence-corrected chi connectivity index (χ1v) is 13.0. The lowest BCUT2D eigenvalue weighted by molar-refractivity contribution is 0.102. The summed E-state index contributed by atoms with van der Waals surface area (Å²) in [6.45, 7) is 0. The molecule has 0 bridgehead atoms. The van der Waals surface area contributed by atoms with Crippen LogP contribution in [0.4, 0.5) is 11.6 Å². The van der Waals surface area contributed by atoms with Gasteiger partial charge < -0.3 is 14.8 Å². The summed E-state index contributed by atoms with van der Waals surface area (Å²) in [6.07, 6.45) is 8.75. The number of carbonyl (C=O) groups is 1. The molecule has 0 aromatic carbocycles. The van der Waals surface area contributed by atoms with E-state index in [-0.39, 0.29) is 27.0 Å². The first-order chi connectivity index (χ1) is 17.7. The van der Waals surface area contributed by atoms with Crippen LogP contribution >= 0.6 is 0 Å². The van der Waals surface area contributed by atoms with Gasteiger partial charge in [-0.3, -0.25) is 9.78 Å². The number of pyridine rings is 3. The summed E-state index contributed by atoms with van der Waals surface area (Å²) >= 11 is 0. The molecule has 16 heteroatoms. The Balaban J connectivity index is 1.45. The molecule has 182 valence electrons. The summed E-state index contributed by atoms with van der Waals surface area (Å²) in [7, 11) is 20.3. The Morgan fingerprint density at radius 2 is 1.50 bits per heavy atom. The van der Waals surface area contributed by atoms with Crippen LogP contribution in [0, 0.1) is 0 Å². The molecular formula is C22H29B8N7O. The zero-order chi connectivity index (χ0) is 27.7. The lowest BCUT2D eigenvalue weighted by atomic mass is 9.17. The first kappa shape index (κ1) is 26.3. The number of aryl methyl sites for hydroxylation is 1. The number of hydrogen-bond acceptors (Lipinski definition) is 6. The topological polar surface area (TPSA) is 88.8 Å². The van der Waals surface area contributed by atoms with Crippen molar-refractivity contribution >= 4 is 91.1 Å². The normalized spacial score (nSPS) is 18.8. The Morgan fingerprint density at radius 3 is 2.13 bits per heavy atom. The van der Waals surface area contributed by atoms with E-state index < -0.39 is 0 Å². The molecule has 1 aliphatic heterocycles. The number of fused-ring (bicyclic) bond motifs is 1. The van der Waals surface area contributed by atoms with Crippen LogP contribution in [-0.4, -0.2) is 104 Å². The smallest absolute Gasteiger partial charge is 0.257 e. The van der Waals surface area contributed by atoms with Crippen molar-refractivity contribution < 1.29 is 4.79 Å². The van der Waals surface area contributed by atoms with Crippen molar-refractivity contribution in [2.45, 2.75) is 21.1 Å².